The maximum atomic E-state index is 10.6. The fourth-order valence-corrected chi connectivity index (χ4v) is 0.939. The van der Waals surface area contributed by atoms with Crippen molar-refractivity contribution >= 4 is 5.97 Å². The largest absolute Gasteiger partial charge is 0.478 e. The number of nitrogens with zero attached hydrogens (tertiary/aromatic N) is 3. The molecule has 1 rings (SSSR count). The maximum absolute atomic E-state index is 10.6. The summed E-state index contributed by atoms with van der Waals surface area (Å²) < 4.78 is 0. The lowest BCUT2D eigenvalue weighted by Crippen LogP contribution is -1.95. The van der Waals surface area contributed by atoms with Gasteiger partial charge in [-0.15, -0.1) is 0 Å². The van der Waals surface area contributed by atoms with Crippen molar-refractivity contribution in [2.45, 2.75) is 0 Å². The van der Waals surface area contributed by atoms with E-state index in [1.807, 2.05) is 0 Å². The second-order valence-corrected chi connectivity index (χ2v) is 2.58. The molecule has 0 atom stereocenters. The Morgan fingerprint density at radius 1 is 1.60 bits per heavy atom. The minimum atomic E-state index is -0.992. The summed E-state index contributed by atoms with van der Waals surface area (Å²) in [7, 11) is 0. The monoisotopic (exact) mass is 201 g/mol. The Labute approximate surface area is 86.0 Å². The molecular formula is C10H7N3O2. The molecule has 74 valence electrons. The molecule has 5 heteroatoms. The van der Waals surface area contributed by atoms with E-state index < -0.39 is 5.97 Å². The van der Waals surface area contributed by atoms with Crippen LogP contribution in [0.25, 0.3) is 10.4 Å². The molecule has 1 N–H and O–H groups in total. The van der Waals surface area contributed by atoms with Crippen LogP contribution in [0.2, 0.25) is 0 Å². The van der Waals surface area contributed by atoms with Gasteiger partial charge in [0, 0.05) is 10.5 Å². The van der Waals surface area contributed by atoms with Crippen LogP contribution in [0, 0.1) is 11.8 Å². The zero-order valence-corrected chi connectivity index (χ0v) is 7.71. The van der Waals surface area contributed by atoms with Gasteiger partial charge in [-0.1, -0.05) is 23.0 Å². The van der Waals surface area contributed by atoms with Crippen molar-refractivity contribution in [3.05, 3.63) is 45.8 Å². The third-order valence-corrected chi connectivity index (χ3v) is 1.56. The molecule has 0 aliphatic heterocycles. The molecule has 15 heavy (non-hydrogen) atoms. The Hall–Kier alpha value is -2.44. The number of hydrogen-bond acceptors (Lipinski definition) is 2. The SMILES string of the molecule is [N-]=[N+]=NCC#Cc1cccc(C(=O)O)c1. The highest BCUT2D eigenvalue weighted by atomic mass is 16.4. The molecule has 1 aromatic carbocycles. The summed E-state index contributed by atoms with van der Waals surface area (Å²) in [6.45, 7) is 0.0772. The minimum Gasteiger partial charge on any atom is -0.478 e. The van der Waals surface area contributed by atoms with Crippen LogP contribution in [0.4, 0.5) is 0 Å². The van der Waals surface area contributed by atoms with E-state index in [1.54, 1.807) is 12.1 Å². The van der Waals surface area contributed by atoms with Crippen LogP contribution in [0.3, 0.4) is 0 Å². The maximum Gasteiger partial charge on any atom is 0.335 e. The second-order valence-electron chi connectivity index (χ2n) is 2.58. The fourth-order valence-electron chi connectivity index (χ4n) is 0.939. The molecule has 0 radical (unpaired) electrons. The Bertz CT molecular complexity index is 479. The Kier molecular flexibility index (Phi) is 3.78. The molecule has 0 amide bonds. The van der Waals surface area contributed by atoms with Gasteiger partial charge in [0.05, 0.1) is 12.1 Å². The molecule has 5 nitrogen and oxygen atoms in total. The van der Waals surface area contributed by atoms with Crippen LogP contribution in [-0.4, -0.2) is 17.6 Å². The average molecular weight is 201 g/mol. The molecule has 0 aliphatic carbocycles. The van der Waals surface area contributed by atoms with Gasteiger partial charge in [0.25, 0.3) is 0 Å². The number of rotatable bonds is 2. The molecule has 0 bridgehead atoms. The van der Waals surface area contributed by atoms with E-state index in [4.69, 9.17) is 10.6 Å². The van der Waals surface area contributed by atoms with Crippen molar-refractivity contribution in [2.24, 2.45) is 5.11 Å². The summed E-state index contributed by atoms with van der Waals surface area (Å²) in [5, 5.41) is 11.9. The normalized spacial score (nSPS) is 8.27. The Morgan fingerprint density at radius 3 is 3.07 bits per heavy atom. The first-order valence-electron chi connectivity index (χ1n) is 4.07. The lowest BCUT2D eigenvalue weighted by molar-refractivity contribution is 0.0697. The molecule has 1 aromatic rings. The van der Waals surface area contributed by atoms with Crippen molar-refractivity contribution in [3.8, 4) is 11.8 Å². The van der Waals surface area contributed by atoms with E-state index in [-0.39, 0.29) is 12.1 Å². The number of carboxylic acids is 1. The van der Waals surface area contributed by atoms with Gasteiger partial charge in [-0.25, -0.2) is 4.79 Å². The van der Waals surface area contributed by atoms with E-state index in [1.165, 1.54) is 12.1 Å². The van der Waals surface area contributed by atoms with Gasteiger partial charge in [-0.3, -0.25) is 0 Å². The van der Waals surface area contributed by atoms with Crippen LogP contribution in [-0.2, 0) is 0 Å². The third-order valence-electron chi connectivity index (χ3n) is 1.56. The second kappa shape index (κ2) is 5.32. The van der Waals surface area contributed by atoms with Crippen molar-refractivity contribution in [3.63, 3.8) is 0 Å². The number of hydrogen-bond donors (Lipinski definition) is 1. The molecule has 0 fully saturated rings. The minimum absolute atomic E-state index is 0.0772. The average Bonchev–Trinajstić information content (AvgIpc) is 2.25. The molecule has 0 saturated heterocycles. The summed E-state index contributed by atoms with van der Waals surface area (Å²) in [5.74, 6) is 4.31. The highest BCUT2D eigenvalue weighted by Gasteiger charge is 2.00. The number of aromatic carboxylic acids is 1. The molecule has 0 heterocycles. The van der Waals surface area contributed by atoms with E-state index in [0.29, 0.717) is 5.56 Å². The van der Waals surface area contributed by atoms with Crippen molar-refractivity contribution in [1.82, 2.24) is 0 Å². The molecule has 0 aromatic heterocycles. The first-order valence-corrected chi connectivity index (χ1v) is 4.07. The van der Waals surface area contributed by atoms with E-state index in [9.17, 15) is 4.79 Å². The lowest BCUT2D eigenvalue weighted by atomic mass is 10.1. The number of benzene rings is 1. The number of carboxylic acid groups (broad SMARTS) is 1. The summed E-state index contributed by atoms with van der Waals surface area (Å²) in [6, 6.07) is 6.25. The van der Waals surface area contributed by atoms with Gasteiger partial charge in [-0.05, 0) is 23.7 Å². The van der Waals surface area contributed by atoms with Crippen LogP contribution < -0.4 is 0 Å². The van der Waals surface area contributed by atoms with Gasteiger partial charge in [-0.2, -0.15) is 0 Å². The van der Waals surface area contributed by atoms with Gasteiger partial charge < -0.3 is 5.11 Å². The third kappa shape index (κ3) is 3.43. The van der Waals surface area contributed by atoms with Crippen molar-refractivity contribution in [2.75, 3.05) is 6.54 Å². The molecule has 0 saturated carbocycles. The zero-order chi connectivity index (χ0) is 11.1. The van der Waals surface area contributed by atoms with Crippen LogP contribution in [0.1, 0.15) is 15.9 Å². The fraction of sp³-hybridized carbons (Fsp3) is 0.100. The topological polar surface area (TPSA) is 86.1 Å². The molecule has 0 unspecified atom stereocenters. The highest BCUT2D eigenvalue weighted by Crippen LogP contribution is 2.03. The van der Waals surface area contributed by atoms with Crippen molar-refractivity contribution < 1.29 is 9.90 Å². The molecular weight excluding hydrogens is 194 g/mol. The van der Waals surface area contributed by atoms with Gasteiger partial charge in [0.1, 0.15) is 0 Å². The van der Waals surface area contributed by atoms with Gasteiger partial charge in [0.2, 0.25) is 0 Å². The summed E-state index contributed by atoms with van der Waals surface area (Å²) in [4.78, 5) is 13.2. The van der Waals surface area contributed by atoms with Gasteiger partial charge >= 0.3 is 5.97 Å². The first-order chi connectivity index (χ1) is 7.24. The van der Waals surface area contributed by atoms with Crippen LogP contribution in [0.15, 0.2) is 29.4 Å². The van der Waals surface area contributed by atoms with Crippen LogP contribution in [0.5, 0.6) is 0 Å². The number of carbonyl (C=O) groups is 1. The molecule has 0 spiro atoms. The smallest absolute Gasteiger partial charge is 0.335 e. The van der Waals surface area contributed by atoms with E-state index in [2.05, 4.69) is 21.9 Å². The summed E-state index contributed by atoms with van der Waals surface area (Å²) in [6.07, 6.45) is 0. The van der Waals surface area contributed by atoms with Crippen LogP contribution >= 0.6 is 0 Å². The summed E-state index contributed by atoms with van der Waals surface area (Å²) in [5.41, 5.74) is 8.77. The zero-order valence-electron chi connectivity index (χ0n) is 7.71. The first kappa shape index (κ1) is 10.6. The Balaban J connectivity index is 2.84. The standard InChI is InChI=1S/C10H7N3O2/c11-13-12-6-2-4-8-3-1-5-9(7-8)10(14)15/h1,3,5,7H,6H2,(H,14,15). The number of azide groups is 1. The summed E-state index contributed by atoms with van der Waals surface area (Å²) >= 11 is 0. The van der Waals surface area contributed by atoms with Gasteiger partial charge in [0.15, 0.2) is 0 Å². The predicted octanol–water partition coefficient (Wildman–Crippen LogP) is 2.05. The Morgan fingerprint density at radius 2 is 2.40 bits per heavy atom. The molecule has 0 aliphatic rings. The highest BCUT2D eigenvalue weighted by molar-refractivity contribution is 5.87. The predicted molar refractivity (Wildman–Crippen MR) is 54.3 cm³/mol. The van der Waals surface area contributed by atoms with Crippen molar-refractivity contribution in [1.29, 1.82) is 0 Å². The quantitative estimate of drug-likeness (QED) is 0.343. The van der Waals surface area contributed by atoms with E-state index >= 15 is 0 Å². The lowest BCUT2D eigenvalue weighted by Gasteiger charge is -1.93. The van der Waals surface area contributed by atoms with E-state index in [0.717, 1.165) is 0 Å².